The van der Waals surface area contributed by atoms with Crippen LogP contribution in [0, 0.1) is 5.92 Å². The summed E-state index contributed by atoms with van der Waals surface area (Å²) in [7, 11) is 0. The molecule has 3 N–H and O–H groups in total. The number of nitrogens with two attached hydrogens (primary N) is 1. The molecule has 2 atom stereocenters. The van der Waals surface area contributed by atoms with Gasteiger partial charge in [-0.15, -0.1) is 0 Å². The highest BCUT2D eigenvalue weighted by atomic mass is 16.6. The number of carboxylic acids is 1. The molecule has 0 aliphatic heterocycles. The van der Waals surface area contributed by atoms with Crippen molar-refractivity contribution in [3.8, 4) is 0 Å². The van der Waals surface area contributed by atoms with Gasteiger partial charge in [0.1, 0.15) is 11.6 Å². The first-order chi connectivity index (χ1) is 6.15. The van der Waals surface area contributed by atoms with Gasteiger partial charge in [-0.2, -0.15) is 0 Å². The maximum absolute atomic E-state index is 11.3. The van der Waals surface area contributed by atoms with E-state index in [9.17, 15) is 9.59 Å². The van der Waals surface area contributed by atoms with Crippen molar-refractivity contribution < 1.29 is 19.4 Å². The highest BCUT2D eigenvalue weighted by Gasteiger charge is 2.30. The van der Waals surface area contributed by atoms with Crippen LogP contribution in [0.5, 0.6) is 0 Å². The smallest absolute Gasteiger partial charge is 0.324 e. The lowest BCUT2D eigenvalue weighted by Gasteiger charge is -2.23. The lowest BCUT2D eigenvalue weighted by atomic mass is 10.0. The summed E-state index contributed by atoms with van der Waals surface area (Å²) in [5, 5.41) is 8.61. The van der Waals surface area contributed by atoms with Gasteiger partial charge in [0.05, 0.1) is 5.92 Å². The number of esters is 1. The second kappa shape index (κ2) is 4.41. The molecule has 0 aliphatic rings. The fourth-order valence-corrected chi connectivity index (χ4v) is 0.728. The van der Waals surface area contributed by atoms with E-state index in [1.165, 1.54) is 6.92 Å². The fraction of sp³-hybridized carbons (Fsp3) is 0.778. The molecule has 0 spiro atoms. The van der Waals surface area contributed by atoms with Gasteiger partial charge in [-0.3, -0.25) is 9.59 Å². The zero-order valence-corrected chi connectivity index (χ0v) is 8.90. The molecule has 1 unspecified atom stereocenters. The molecule has 5 heteroatoms. The highest BCUT2D eigenvalue weighted by Crippen LogP contribution is 2.11. The minimum absolute atomic E-state index is 0.646. The molecule has 82 valence electrons. The first-order valence-electron chi connectivity index (χ1n) is 4.36. The number of carbonyl (C=O) groups is 2. The van der Waals surface area contributed by atoms with E-state index in [0.29, 0.717) is 0 Å². The zero-order valence-electron chi connectivity index (χ0n) is 8.90. The standard InChI is InChI=1S/C9H17NO4/c1-5(7(11)12)6(10)8(13)14-9(2,3)4/h5-6H,10H2,1-4H3,(H,11,12)/t5?,6-/m1/s1. The maximum Gasteiger partial charge on any atom is 0.324 e. The van der Waals surface area contributed by atoms with Gasteiger partial charge >= 0.3 is 11.9 Å². The van der Waals surface area contributed by atoms with Crippen molar-refractivity contribution in [2.45, 2.75) is 39.3 Å². The van der Waals surface area contributed by atoms with Gasteiger partial charge in [-0.05, 0) is 27.7 Å². The number of hydrogen-bond acceptors (Lipinski definition) is 4. The number of rotatable bonds is 3. The predicted octanol–water partition coefficient (Wildman–Crippen LogP) is 0.376. The van der Waals surface area contributed by atoms with Gasteiger partial charge < -0.3 is 15.6 Å². The van der Waals surface area contributed by atoms with Gasteiger partial charge in [0.2, 0.25) is 0 Å². The SMILES string of the molecule is CC(C(=O)O)[C@@H](N)C(=O)OC(C)(C)C. The van der Waals surface area contributed by atoms with Crippen LogP contribution in [0.2, 0.25) is 0 Å². The second-order valence-electron chi connectivity index (χ2n) is 4.19. The van der Waals surface area contributed by atoms with Crippen LogP contribution in [0.25, 0.3) is 0 Å². The number of hydrogen-bond donors (Lipinski definition) is 2. The molecule has 5 nitrogen and oxygen atoms in total. The Morgan fingerprint density at radius 1 is 1.36 bits per heavy atom. The molecular formula is C9H17NO4. The van der Waals surface area contributed by atoms with Crippen molar-refractivity contribution >= 4 is 11.9 Å². The molecule has 0 radical (unpaired) electrons. The number of ether oxygens (including phenoxy) is 1. The van der Waals surface area contributed by atoms with E-state index in [1.54, 1.807) is 20.8 Å². The Hall–Kier alpha value is -1.10. The summed E-state index contributed by atoms with van der Waals surface area (Å²) in [6, 6.07) is -1.12. The molecule has 0 aliphatic carbocycles. The van der Waals surface area contributed by atoms with Gasteiger partial charge in [0.15, 0.2) is 0 Å². The summed E-state index contributed by atoms with van der Waals surface area (Å²) < 4.78 is 4.94. The summed E-state index contributed by atoms with van der Waals surface area (Å²) >= 11 is 0. The highest BCUT2D eigenvalue weighted by molar-refractivity contribution is 5.83. The van der Waals surface area contributed by atoms with E-state index in [-0.39, 0.29) is 0 Å². The van der Waals surface area contributed by atoms with Crippen molar-refractivity contribution in [1.82, 2.24) is 0 Å². The first-order valence-corrected chi connectivity index (χ1v) is 4.36. The third-order valence-electron chi connectivity index (χ3n) is 1.61. The number of aliphatic carboxylic acids is 1. The summed E-state index contributed by atoms with van der Waals surface area (Å²) in [6.07, 6.45) is 0. The summed E-state index contributed by atoms with van der Waals surface area (Å²) in [5.74, 6) is -2.74. The molecule has 0 aromatic rings. The topological polar surface area (TPSA) is 89.6 Å². The van der Waals surface area contributed by atoms with E-state index >= 15 is 0 Å². The largest absolute Gasteiger partial charge is 0.481 e. The lowest BCUT2D eigenvalue weighted by molar-refractivity contribution is -0.161. The molecule has 0 saturated heterocycles. The molecule has 0 aromatic carbocycles. The molecule has 0 heterocycles. The maximum atomic E-state index is 11.3. The minimum Gasteiger partial charge on any atom is -0.481 e. The van der Waals surface area contributed by atoms with Gasteiger partial charge in [-0.25, -0.2) is 0 Å². The third-order valence-corrected chi connectivity index (χ3v) is 1.61. The van der Waals surface area contributed by atoms with Gasteiger partial charge in [0, 0.05) is 0 Å². The molecular weight excluding hydrogens is 186 g/mol. The fourth-order valence-electron chi connectivity index (χ4n) is 0.728. The van der Waals surface area contributed by atoms with Crippen molar-refractivity contribution in [1.29, 1.82) is 0 Å². The molecule has 0 rings (SSSR count). The van der Waals surface area contributed by atoms with E-state index in [4.69, 9.17) is 15.6 Å². The average Bonchev–Trinajstić information content (AvgIpc) is 1.98. The van der Waals surface area contributed by atoms with E-state index < -0.39 is 29.5 Å². The third kappa shape index (κ3) is 4.23. The molecule has 0 saturated carbocycles. The Kier molecular flexibility index (Phi) is 4.07. The van der Waals surface area contributed by atoms with E-state index in [2.05, 4.69) is 0 Å². The quantitative estimate of drug-likeness (QED) is 0.647. The summed E-state index contributed by atoms with van der Waals surface area (Å²) in [6.45, 7) is 6.46. The van der Waals surface area contributed by atoms with Crippen molar-refractivity contribution in [3.63, 3.8) is 0 Å². The van der Waals surface area contributed by atoms with Crippen LogP contribution in [-0.2, 0) is 14.3 Å². The van der Waals surface area contributed by atoms with E-state index in [1.807, 2.05) is 0 Å². The van der Waals surface area contributed by atoms with Crippen LogP contribution in [-0.4, -0.2) is 28.7 Å². The Labute approximate surface area is 83.2 Å². The van der Waals surface area contributed by atoms with Crippen LogP contribution in [0.4, 0.5) is 0 Å². The predicted molar refractivity (Wildman–Crippen MR) is 50.6 cm³/mol. The van der Waals surface area contributed by atoms with Gasteiger partial charge in [0.25, 0.3) is 0 Å². The van der Waals surface area contributed by atoms with Crippen LogP contribution in [0.3, 0.4) is 0 Å². The Balaban J connectivity index is 4.33. The van der Waals surface area contributed by atoms with Crippen LogP contribution in [0.1, 0.15) is 27.7 Å². The van der Waals surface area contributed by atoms with Crippen LogP contribution >= 0.6 is 0 Å². The van der Waals surface area contributed by atoms with Crippen LogP contribution < -0.4 is 5.73 Å². The number of carbonyl (C=O) groups excluding carboxylic acids is 1. The van der Waals surface area contributed by atoms with Crippen LogP contribution in [0.15, 0.2) is 0 Å². The lowest BCUT2D eigenvalue weighted by Crippen LogP contribution is -2.44. The van der Waals surface area contributed by atoms with Gasteiger partial charge in [-0.1, -0.05) is 0 Å². The molecule has 0 amide bonds. The Morgan fingerprint density at radius 3 is 2.07 bits per heavy atom. The number of carboxylic acid groups (broad SMARTS) is 1. The normalized spacial score (nSPS) is 15.8. The summed E-state index contributed by atoms with van der Waals surface area (Å²) in [5.41, 5.74) is 4.77. The average molecular weight is 203 g/mol. The summed E-state index contributed by atoms with van der Waals surface area (Å²) in [4.78, 5) is 21.8. The monoisotopic (exact) mass is 203 g/mol. The molecule has 0 bridgehead atoms. The van der Waals surface area contributed by atoms with Crippen molar-refractivity contribution in [3.05, 3.63) is 0 Å². The first kappa shape index (κ1) is 12.9. The Morgan fingerprint density at radius 2 is 1.79 bits per heavy atom. The molecule has 14 heavy (non-hydrogen) atoms. The second-order valence-corrected chi connectivity index (χ2v) is 4.19. The van der Waals surface area contributed by atoms with Crippen molar-refractivity contribution in [2.24, 2.45) is 11.7 Å². The Bertz CT molecular complexity index is 231. The minimum atomic E-state index is -1.12. The molecule has 0 fully saturated rings. The zero-order chi connectivity index (χ0) is 11.5. The van der Waals surface area contributed by atoms with Crippen molar-refractivity contribution in [2.75, 3.05) is 0 Å². The van der Waals surface area contributed by atoms with E-state index in [0.717, 1.165) is 0 Å². The molecule has 0 aromatic heterocycles.